The van der Waals surface area contributed by atoms with Crippen LogP contribution in [0.1, 0.15) is 33.9 Å². The topological polar surface area (TPSA) is 182 Å². The molecule has 0 spiro atoms. The molecule has 3 rings (SSSR count). The summed E-state index contributed by atoms with van der Waals surface area (Å²) in [5.41, 5.74) is -3.22. The maximum Gasteiger partial charge on any atom is 0.459 e. The number of rotatable bonds is 10. The van der Waals surface area contributed by atoms with Gasteiger partial charge in [-0.2, -0.15) is 10.3 Å². The van der Waals surface area contributed by atoms with Crippen molar-refractivity contribution in [2.24, 2.45) is 5.41 Å². The average Bonchev–Trinajstić information content (AvgIpc) is 3.09. The van der Waals surface area contributed by atoms with Crippen LogP contribution >= 0.6 is 7.75 Å². The number of aromatic nitrogens is 2. The normalized spacial score (nSPS) is 25.4. The summed E-state index contributed by atoms with van der Waals surface area (Å²) in [6, 6.07) is 6.30. The summed E-state index contributed by atoms with van der Waals surface area (Å²) in [5.74, 6) is -1.38. The number of aliphatic hydroxyl groups excluding tert-OH is 1. The number of nitrogens with one attached hydrogen (secondary N) is 2. The first-order chi connectivity index (χ1) is 17.8. The second-order valence-corrected chi connectivity index (χ2v) is 10.8. The van der Waals surface area contributed by atoms with Crippen LogP contribution in [0.5, 0.6) is 5.75 Å². The Morgan fingerprint density at radius 1 is 1.32 bits per heavy atom. The Morgan fingerprint density at radius 3 is 2.55 bits per heavy atom. The molecule has 206 valence electrons. The highest BCUT2D eigenvalue weighted by Crippen LogP contribution is 2.48. The minimum absolute atomic E-state index is 0.0564. The van der Waals surface area contributed by atoms with Crippen molar-refractivity contribution < 1.29 is 37.4 Å². The zero-order chi connectivity index (χ0) is 28.3. The predicted octanol–water partition coefficient (Wildman–Crippen LogP) is 1.60. The third kappa shape index (κ3) is 6.56. The second kappa shape index (κ2) is 11.6. The maximum atomic E-state index is 13.7. The number of nitriles is 1. The fourth-order valence-electron chi connectivity index (χ4n) is 3.65. The molecule has 0 bridgehead atoms. The molecule has 1 aromatic carbocycles. The number of aliphatic hydroxyl groups is 1. The molecule has 13 nitrogen and oxygen atoms in total. The fourth-order valence-corrected chi connectivity index (χ4v) is 5.15. The molecule has 3 N–H and O–H groups in total. The van der Waals surface area contributed by atoms with Gasteiger partial charge in [-0.25, -0.2) is 13.8 Å². The predicted molar refractivity (Wildman–Crippen MR) is 129 cm³/mol. The monoisotopic (exact) mass is 554 g/mol. The lowest BCUT2D eigenvalue weighted by atomic mass is 9.84. The van der Waals surface area contributed by atoms with Gasteiger partial charge >= 0.3 is 19.4 Å². The number of benzene rings is 1. The molecule has 1 aliphatic heterocycles. The van der Waals surface area contributed by atoms with Gasteiger partial charge in [0.2, 0.25) is 0 Å². The zero-order valence-corrected chi connectivity index (χ0v) is 21.9. The molecule has 15 heteroatoms. The van der Waals surface area contributed by atoms with Crippen LogP contribution in [0, 0.1) is 22.6 Å². The van der Waals surface area contributed by atoms with E-state index in [0.29, 0.717) is 0 Å². The van der Waals surface area contributed by atoms with E-state index >= 15 is 0 Å². The van der Waals surface area contributed by atoms with Crippen LogP contribution in [-0.4, -0.2) is 51.6 Å². The number of halogens is 1. The highest BCUT2D eigenvalue weighted by molar-refractivity contribution is 7.52. The molecule has 2 aromatic rings. The highest BCUT2D eigenvalue weighted by atomic mass is 31.2. The van der Waals surface area contributed by atoms with Crippen molar-refractivity contribution in [3.63, 3.8) is 0 Å². The Bertz CT molecular complexity index is 1360. The molecule has 1 saturated heterocycles. The van der Waals surface area contributed by atoms with Crippen molar-refractivity contribution in [2.75, 3.05) is 6.61 Å². The van der Waals surface area contributed by atoms with Crippen LogP contribution in [0.4, 0.5) is 4.39 Å². The van der Waals surface area contributed by atoms with Gasteiger partial charge < -0.3 is 19.1 Å². The molecule has 1 aromatic heterocycles. The lowest BCUT2D eigenvalue weighted by Gasteiger charge is -2.26. The quantitative estimate of drug-likeness (QED) is 0.286. The van der Waals surface area contributed by atoms with Gasteiger partial charge in [0.1, 0.15) is 35.2 Å². The van der Waals surface area contributed by atoms with Gasteiger partial charge in [0.05, 0.1) is 18.8 Å². The van der Waals surface area contributed by atoms with Crippen LogP contribution in [0.2, 0.25) is 0 Å². The Balaban J connectivity index is 1.85. The van der Waals surface area contributed by atoms with Crippen molar-refractivity contribution >= 4 is 13.7 Å². The van der Waals surface area contributed by atoms with Crippen molar-refractivity contribution in [3.05, 3.63) is 63.2 Å². The number of carbonyl (C=O) groups excluding carboxylic acids is 1. The molecule has 1 unspecified atom stereocenters. The molecule has 2 heterocycles. The molecule has 0 amide bonds. The van der Waals surface area contributed by atoms with Crippen LogP contribution in [0.15, 0.2) is 46.1 Å². The SMILES string of the molecule is CC(C)OC(=O)[C@H](C)NP(=O)(OC[C@H]1O[C@@H](n2ccc(=O)[nH]c2=O)[C@](C)(C#N)[C@@H]1O)Oc1ccc(F)cc1. The average molecular weight is 554 g/mol. The van der Waals surface area contributed by atoms with Gasteiger partial charge in [-0.3, -0.25) is 23.7 Å². The van der Waals surface area contributed by atoms with E-state index in [1.165, 1.54) is 26.0 Å². The van der Waals surface area contributed by atoms with Crippen LogP contribution in [0.3, 0.4) is 0 Å². The minimum atomic E-state index is -4.41. The molecule has 38 heavy (non-hydrogen) atoms. The van der Waals surface area contributed by atoms with E-state index in [2.05, 4.69) is 5.09 Å². The molecule has 1 fully saturated rings. The summed E-state index contributed by atoms with van der Waals surface area (Å²) >= 11 is 0. The third-order valence-electron chi connectivity index (χ3n) is 5.63. The highest BCUT2D eigenvalue weighted by Gasteiger charge is 2.55. The summed E-state index contributed by atoms with van der Waals surface area (Å²) in [6.45, 7) is 5.35. The summed E-state index contributed by atoms with van der Waals surface area (Å²) < 4.78 is 49.7. The standard InChI is InChI=1S/C23H28FN4O9P/c1-13(2)35-20(31)14(3)27-38(33,37-16-7-5-15(24)6-8-16)34-11-17-19(30)23(4,12-25)21(36-17)28-10-9-18(29)26-22(28)32/h5-10,13-14,17,19,21,30H,11H2,1-4H3,(H,27,33)(H,26,29,32)/t14-,17+,19+,21+,23+,38?/m0/s1. The van der Waals surface area contributed by atoms with Crippen molar-refractivity contribution in [3.8, 4) is 11.8 Å². The summed E-state index contributed by atoms with van der Waals surface area (Å²) in [7, 11) is -4.41. The number of nitrogens with zero attached hydrogens (tertiary/aromatic N) is 2. The molecule has 0 aliphatic carbocycles. The van der Waals surface area contributed by atoms with E-state index in [4.69, 9.17) is 18.5 Å². The summed E-state index contributed by atoms with van der Waals surface area (Å²) in [6.07, 6.45) is -3.52. The van der Waals surface area contributed by atoms with Gasteiger partial charge in [0, 0.05) is 12.3 Å². The van der Waals surface area contributed by atoms with E-state index in [0.717, 1.165) is 29.0 Å². The fraction of sp³-hybridized carbons (Fsp3) is 0.478. The first-order valence-electron chi connectivity index (χ1n) is 11.5. The van der Waals surface area contributed by atoms with Gasteiger partial charge in [0.15, 0.2) is 6.23 Å². The number of aromatic amines is 1. The summed E-state index contributed by atoms with van der Waals surface area (Å²) in [4.78, 5) is 38.1. The number of hydrogen-bond acceptors (Lipinski definition) is 10. The van der Waals surface area contributed by atoms with Crippen LogP contribution < -0.4 is 20.9 Å². The second-order valence-electron chi connectivity index (χ2n) is 9.06. The van der Waals surface area contributed by atoms with E-state index < -0.39 is 73.4 Å². The van der Waals surface area contributed by atoms with E-state index in [1.54, 1.807) is 13.8 Å². The van der Waals surface area contributed by atoms with Crippen molar-refractivity contribution in [1.29, 1.82) is 5.26 Å². The first-order valence-corrected chi connectivity index (χ1v) is 13.1. The van der Waals surface area contributed by atoms with E-state index in [-0.39, 0.29) is 5.75 Å². The van der Waals surface area contributed by atoms with Gasteiger partial charge in [0.25, 0.3) is 5.56 Å². The maximum absolute atomic E-state index is 13.7. The number of ether oxygens (including phenoxy) is 2. The van der Waals surface area contributed by atoms with Gasteiger partial charge in [-0.1, -0.05) is 0 Å². The van der Waals surface area contributed by atoms with Crippen LogP contribution in [0.25, 0.3) is 0 Å². The lowest BCUT2D eigenvalue weighted by Crippen LogP contribution is -2.41. The van der Waals surface area contributed by atoms with E-state index in [9.17, 15) is 33.7 Å². The Hall–Kier alpha value is -3.34. The van der Waals surface area contributed by atoms with Crippen molar-refractivity contribution in [1.82, 2.24) is 14.6 Å². The molecule has 0 radical (unpaired) electrons. The largest absolute Gasteiger partial charge is 0.462 e. The zero-order valence-electron chi connectivity index (χ0n) is 21.0. The number of H-pyrrole nitrogens is 1. The molecular formula is C23H28FN4O9P. The molecular weight excluding hydrogens is 526 g/mol. The number of hydrogen-bond donors (Lipinski definition) is 3. The first kappa shape index (κ1) is 29.2. The Labute approximate surface area is 216 Å². The number of carbonyl (C=O) groups is 1. The Morgan fingerprint density at radius 2 is 1.97 bits per heavy atom. The number of esters is 1. The summed E-state index contributed by atoms with van der Waals surface area (Å²) in [5, 5.41) is 23.1. The smallest absolute Gasteiger partial charge is 0.459 e. The van der Waals surface area contributed by atoms with Gasteiger partial charge in [-0.05, 0) is 52.0 Å². The van der Waals surface area contributed by atoms with E-state index in [1.807, 2.05) is 11.1 Å². The molecule has 1 aliphatic rings. The van der Waals surface area contributed by atoms with Crippen molar-refractivity contribution in [2.45, 2.75) is 58.3 Å². The van der Waals surface area contributed by atoms with Gasteiger partial charge in [-0.15, -0.1) is 0 Å². The third-order valence-corrected chi connectivity index (χ3v) is 7.28. The Kier molecular flexibility index (Phi) is 8.91. The minimum Gasteiger partial charge on any atom is -0.462 e. The van der Waals surface area contributed by atoms with Crippen LogP contribution in [-0.2, 0) is 23.4 Å². The molecule has 0 saturated carbocycles. The lowest BCUT2D eigenvalue weighted by molar-refractivity contribution is -0.149. The molecule has 6 atom stereocenters.